The fraction of sp³-hybridized carbons (Fsp3) is 0.600. The van der Waals surface area contributed by atoms with Crippen molar-refractivity contribution in [1.82, 2.24) is 14.7 Å². The maximum absolute atomic E-state index is 13.8. The zero-order valence-corrected chi connectivity index (χ0v) is 22.1. The van der Waals surface area contributed by atoms with E-state index in [0.29, 0.717) is 37.3 Å². The molecule has 196 valence electrons. The maximum Gasteiger partial charge on any atom is 0.436 e. The summed E-state index contributed by atoms with van der Waals surface area (Å²) in [6.45, 7) is 5.30. The van der Waals surface area contributed by atoms with E-state index in [9.17, 15) is 18.4 Å². The van der Waals surface area contributed by atoms with Crippen molar-refractivity contribution in [2.75, 3.05) is 29.8 Å². The standard InChI is InChI=1S/C25H36N6O4S/c1-17(2)29-16-21(15-26-29)30(20-10-12-28(3)13-11-20)36(34,35)31(33)25(32)27-24-22-8-4-6-18(22)14-19-7-5-9-23(19)24/h14-17,20,31H,4-13H2,1-3H3,(H,27,32). The van der Waals surface area contributed by atoms with Gasteiger partial charge in [0.2, 0.25) is 0 Å². The molecule has 1 aromatic carbocycles. The van der Waals surface area contributed by atoms with Crippen LogP contribution in [-0.4, -0.2) is 55.3 Å². The highest BCUT2D eigenvalue weighted by Crippen LogP contribution is 2.38. The molecule has 2 aromatic rings. The van der Waals surface area contributed by atoms with Crippen LogP contribution in [0.3, 0.4) is 0 Å². The lowest BCUT2D eigenvalue weighted by Crippen LogP contribution is -3.14. The SMILES string of the molecule is CC(C)n1cc(N(C2CCN(C)CC2)S(=O)(=O)[NH+]([O-])C(=O)Nc2c3c(cc4c2CCC4)CCC3)cn1. The van der Waals surface area contributed by atoms with E-state index in [1.807, 2.05) is 20.9 Å². The minimum Gasteiger partial charge on any atom is -0.608 e. The van der Waals surface area contributed by atoms with E-state index in [0.717, 1.165) is 54.0 Å². The number of piperidine rings is 1. The number of fused-ring (bicyclic) bond motifs is 2. The van der Waals surface area contributed by atoms with E-state index < -0.39 is 26.8 Å². The summed E-state index contributed by atoms with van der Waals surface area (Å²) < 4.78 is 28.9. The number of carbonyl (C=O) groups excluding carboxylic acids is 1. The number of aryl methyl sites for hydroxylation is 2. The van der Waals surface area contributed by atoms with E-state index in [-0.39, 0.29) is 6.04 Å². The van der Waals surface area contributed by atoms with E-state index >= 15 is 0 Å². The Morgan fingerprint density at radius 2 is 1.75 bits per heavy atom. The Labute approximate surface area is 213 Å². The summed E-state index contributed by atoms with van der Waals surface area (Å²) in [6.07, 6.45) is 9.79. The second-order valence-electron chi connectivity index (χ2n) is 10.6. The molecule has 11 heteroatoms. The zero-order valence-electron chi connectivity index (χ0n) is 21.3. The quantitative estimate of drug-likeness (QED) is 0.569. The molecule has 1 saturated heterocycles. The molecule has 1 atom stereocenters. The lowest BCUT2D eigenvalue weighted by atomic mass is 9.99. The van der Waals surface area contributed by atoms with Crippen molar-refractivity contribution in [2.45, 2.75) is 77.3 Å². The number of amides is 2. The first-order valence-electron chi connectivity index (χ1n) is 13.0. The average molecular weight is 517 g/mol. The summed E-state index contributed by atoms with van der Waals surface area (Å²) in [6, 6.07) is 0.756. The van der Waals surface area contributed by atoms with Gasteiger partial charge in [-0.3, -0.25) is 10.00 Å². The van der Waals surface area contributed by atoms with Crippen LogP contribution >= 0.6 is 0 Å². The minimum absolute atomic E-state index is 0.0297. The van der Waals surface area contributed by atoms with Gasteiger partial charge in [0, 0.05) is 12.2 Å². The summed E-state index contributed by atoms with van der Waals surface area (Å²) in [4.78, 5) is 15.4. The van der Waals surface area contributed by atoms with Crippen molar-refractivity contribution in [3.8, 4) is 0 Å². The Kier molecular flexibility index (Phi) is 6.84. The van der Waals surface area contributed by atoms with Crippen LogP contribution in [0.15, 0.2) is 18.5 Å². The van der Waals surface area contributed by atoms with E-state index in [1.54, 1.807) is 10.9 Å². The second kappa shape index (κ2) is 9.77. The van der Waals surface area contributed by atoms with Crippen molar-refractivity contribution in [1.29, 1.82) is 0 Å². The Balaban J connectivity index is 1.45. The Morgan fingerprint density at radius 3 is 2.31 bits per heavy atom. The summed E-state index contributed by atoms with van der Waals surface area (Å²) in [5.74, 6) is 0. The molecule has 5 rings (SSSR count). The number of urea groups is 1. The molecule has 2 heterocycles. The molecule has 10 nitrogen and oxygen atoms in total. The molecule has 0 spiro atoms. The van der Waals surface area contributed by atoms with Crippen molar-refractivity contribution < 1.29 is 17.7 Å². The van der Waals surface area contributed by atoms with Crippen LogP contribution in [0.2, 0.25) is 0 Å². The number of benzene rings is 1. The van der Waals surface area contributed by atoms with Crippen molar-refractivity contribution in [3.63, 3.8) is 0 Å². The van der Waals surface area contributed by atoms with Crippen LogP contribution in [-0.2, 0) is 35.9 Å². The number of nitrogens with zero attached hydrogens (tertiary/aromatic N) is 4. The third-order valence-corrected chi connectivity index (χ3v) is 9.46. The number of hydrogen-bond donors (Lipinski definition) is 2. The molecule has 1 aromatic heterocycles. The maximum atomic E-state index is 13.8. The van der Waals surface area contributed by atoms with Crippen molar-refractivity contribution >= 4 is 27.6 Å². The molecule has 1 unspecified atom stereocenters. The topological polar surface area (TPSA) is 115 Å². The van der Waals surface area contributed by atoms with Crippen LogP contribution in [0.1, 0.15) is 67.8 Å². The number of rotatable bonds is 6. The predicted octanol–water partition coefficient (Wildman–Crippen LogP) is 2.20. The highest BCUT2D eigenvalue weighted by molar-refractivity contribution is 7.86. The molecule has 0 saturated carbocycles. The van der Waals surface area contributed by atoms with Crippen molar-refractivity contribution in [3.05, 3.63) is 45.9 Å². The van der Waals surface area contributed by atoms with Gasteiger partial charge in [0.05, 0.1) is 23.6 Å². The number of nitrogens with one attached hydrogen (secondary N) is 2. The first-order chi connectivity index (χ1) is 17.2. The van der Waals surface area contributed by atoms with Gasteiger partial charge in [-0.05, 0) is 108 Å². The first-order valence-corrected chi connectivity index (χ1v) is 14.4. The number of likely N-dealkylation sites (tertiary alicyclic amines) is 1. The number of aromatic nitrogens is 2. The van der Waals surface area contributed by atoms with Crippen LogP contribution < -0.4 is 14.1 Å². The first kappa shape index (κ1) is 25.2. The minimum atomic E-state index is -4.62. The van der Waals surface area contributed by atoms with Gasteiger partial charge < -0.3 is 10.1 Å². The summed E-state index contributed by atoms with van der Waals surface area (Å²) in [7, 11) is -2.63. The molecule has 2 amide bonds. The fourth-order valence-electron chi connectivity index (χ4n) is 5.84. The smallest absolute Gasteiger partial charge is 0.436 e. The molecule has 36 heavy (non-hydrogen) atoms. The van der Waals surface area contributed by atoms with E-state index in [1.165, 1.54) is 17.3 Å². The largest absolute Gasteiger partial charge is 0.608 e. The normalized spacial score (nSPS) is 19.4. The lowest BCUT2D eigenvalue weighted by molar-refractivity contribution is -0.604. The number of hydroxylamine groups is 1. The van der Waals surface area contributed by atoms with E-state index in [4.69, 9.17) is 0 Å². The Morgan fingerprint density at radius 1 is 1.14 bits per heavy atom. The Hall–Kier alpha value is -2.47. The summed E-state index contributed by atoms with van der Waals surface area (Å²) in [5, 5.41) is 20.4. The van der Waals surface area contributed by atoms with Gasteiger partial charge in [-0.2, -0.15) is 18.0 Å². The summed E-state index contributed by atoms with van der Waals surface area (Å²) in [5.41, 5.74) is 5.51. The second-order valence-corrected chi connectivity index (χ2v) is 12.3. The van der Waals surface area contributed by atoms with Gasteiger partial charge in [0.15, 0.2) is 0 Å². The predicted molar refractivity (Wildman–Crippen MR) is 138 cm³/mol. The zero-order chi connectivity index (χ0) is 25.6. The number of carbonyl (C=O) groups is 1. The molecule has 3 aliphatic rings. The molecular formula is C25H36N6O4S. The molecule has 0 radical (unpaired) electrons. The van der Waals surface area contributed by atoms with Gasteiger partial charge in [-0.15, -0.1) is 0 Å². The third-order valence-electron chi connectivity index (χ3n) is 7.78. The van der Waals surface area contributed by atoms with E-state index in [2.05, 4.69) is 21.4 Å². The monoisotopic (exact) mass is 516 g/mol. The van der Waals surface area contributed by atoms with Gasteiger partial charge in [-0.1, -0.05) is 6.07 Å². The molecule has 1 fully saturated rings. The molecule has 1 aliphatic heterocycles. The fourth-order valence-corrected chi connectivity index (χ4v) is 7.28. The van der Waals surface area contributed by atoms with Crippen LogP contribution in [0.4, 0.5) is 16.2 Å². The number of anilines is 2. The number of quaternary nitrogens is 1. The molecular weight excluding hydrogens is 480 g/mol. The summed E-state index contributed by atoms with van der Waals surface area (Å²) >= 11 is 0. The van der Waals surface area contributed by atoms with Gasteiger partial charge >= 0.3 is 16.2 Å². The molecule has 2 N–H and O–H groups in total. The lowest BCUT2D eigenvalue weighted by Gasteiger charge is -2.37. The van der Waals surface area contributed by atoms with Crippen LogP contribution in [0.5, 0.6) is 0 Å². The van der Waals surface area contributed by atoms with Crippen molar-refractivity contribution in [2.24, 2.45) is 0 Å². The number of hydrogen-bond acceptors (Lipinski definition) is 6. The van der Waals surface area contributed by atoms with Gasteiger partial charge in [0.25, 0.3) is 0 Å². The van der Waals surface area contributed by atoms with Crippen LogP contribution in [0.25, 0.3) is 0 Å². The molecule has 0 bridgehead atoms. The van der Waals surface area contributed by atoms with Crippen LogP contribution in [0, 0.1) is 5.21 Å². The highest BCUT2D eigenvalue weighted by atomic mass is 32.2. The average Bonchev–Trinajstić information content (AvgIpc) is 3.60. The third kappa shape index (κ3) is 4.53. The Bertz CT molecular complexity index is 1220. The van der Waals surface area contributed by atoms with Gasteiger partial charge in [-0.25, -0.2) is 9.10 Å². The molecule has 2 aliphatic carbocycles. The highest BCUT2D eigenvalue weighted by Gasteiger charge is 2.41. The van der Waals surface area contributed by atoms with Gasteiger partial charge in [0.1, 0.15) is 0 Å².